The molecule has 1 heterocycles. The van der Waals surface area contributed by atoms with Crippen molar-refractivity contribution in [2.75, 3.05) is 12.8 Å². The summed E-state index contributed by atoms with van der Waals surface area (Å²) in [6.45, 7) is 0.803. The first-order valence-corrected chi connectivity index (χ1v) is 6.49. The second-order valence-electron chi connectivity index (χ2n) is 3.20. The Hall–Kier alpha value is -0.0900. The monoisotopic (exact) mass is 296 g/mol. The largest absolute Gasteiger partial charge is 0.362 e. The second kappa shape index (κ2) is 6.01. The van der Waals surface area contributed by atoms with E-state index in [-0.39, 0.29) is 18.4 Å². The van der Waals surface area contributed by atoms with Crippen LogP contribution in [0.3, 0.4) is 0 Å². The molecule has 0 amide bonds. The van der Waals surface area contributed by atoms with E-state index in [1.54, 1.807) is 17.8 Å². The van der Waals surface area contributed by atoms with Gasteiger partial charge < -0.3 is 5.32 Å². The second-order valence-corrected chi connectivity index (χ2v) is 4.84. The van der Waals surface area contributed by atoms with Crippen molar-refractivity contribution in [1.29, 1.82) is 0 Å². The van der Waals surface area contributed by atoms with Crippen LogP contribution in [-0.2, 0) is 0 Å². The molecule has 1 N–H and O–H groups in total. The summed E-state index contributed by atoms with van der Waals surface area (Å²) < 4.78 is 0. The minimum Gasteiger partial charge on any atom is -0.362 e. The summed E-state index contributed by atoms with van der Waals surface area (Å²) in [7, 11) is 0. The Morgan fingerprint density at radius 1 is 1.44 bits per heavy atom. The summed E-state index contributed by atoms with van der Waals surface area (Å²) >= 11 is 13.6. The van der Waals surface area contributed by atoms with Crippen LogP contribution in [0.5, 0.6) is 0 Å². The first-order valence-electron chi connectivity index (χ1n) is 4.51. The summed E-state index contributed by atoms with van der Waals surface area (Å²) in [5.74, 6) is 0. The number of nitrogens with zero attached hydrogens (tertiary/aromatic N) is 1. The number of amidine groups is 1. The summed E-state index contributed by atoms with van der Waals surface area (Å²) in [5.41, 5.74) is 1.03. The van der Waals surface area contributed by atoms with Gasteiger partial charge in [-0.3, -0.25) is 4.99 Å². The fraction of sp³-hybridized carbons (Fsp3) is 0.300. The van der Waals surface area contributed by atoms with Crippen molar-refractivity contribution in [1.82, 2.24) is 5.32 Å². The van der Waals surface area contributed by atoms with E-state index in [0.717, 1.165) is 17.3 Å². The molecule has 0 aromatic heterocycles. The highest BCUT2D eigenvalue weighted by Gasteiger charge is 2.20. The predicted molar refractivity (Wildman–Crippen MR) is 75.4 cm³/mol. The summed E-state index contributed by atoms with van der Waals surface area (Å²) in [6.07, 6.45) is 2.00. The maximum Gasteiger partial charge on any atom is 0.157 e. The lowest BCUT2D eigenvalue weighted by Crippen LogP contribution is -2.15. The Morgan fingerprint density at radius 2 is 2.19 bits per heavy atom. The van der Waals surface area contributed by atoms with Crippen LogP contribution in [0.15, 0.2) is 23.2 Å². The maximum atomic E-state index is 6.11. The highest BCUT2D eigenvalue weighted by atomic mass is 35.5. The molecule has 0 aliphatic carbocycles. The third-order valence-corrected chi connectivity index (χ3v) is 3.43. The van der Waals surface area contributed by atoms with Gasteiger partial charge in [0.05, 0.1) is 6.04 Å². The topological polar surface area (TPSA) is 24.4 Å². The van der Waals surface area contributed by atoms with Gasteiger partial charge in [-0.2, -0.15) is 0 Å². The normalized spacial score (nSPS) is 18.7. The van der Waals surface area contributed by atoms with Crippen LogP contribution in [0.1, 0.15) is 11.6 Å². The van der Waals surface area contributed by atoms with Gasteiger partial charge in [0.15, 0.2) is 5.17 Å². The van der Waals surface area contributed by atoms with E-state index in [9.17, 15) is 0 Å². The Kier molecular flexibility index (Phi) is 5.25. The smallest absolute Gasteiger partial charge is 0.157 e. The molecule has 2 nitrogen and oxygen atoms in total. The molecule has 0 bridgehead atoms. The summed E-state index contributed by atoms with van der Waals surface area (Å²) in [6, 6.07) is 5.64. The number of halogens is 3. The van der Waals surface area contributed by atoms with E-state index in [1.165, 1.54) is 0 Å². The molecule has 0 fully saturated rings. The number of thioether (sulfide) groups is 1. The van der Waals surface area contributed by atoms with Gasteiger partial charge in [-0.1, -0.05) is 41.0 Å². The van der Waals surface area contributed by atoms with Crippen molar-refractivity contribution in [3.05, 3.63) is 33.8 Å². The van der Waals surface area contributed by atoms with Crippen molar-refractivity contribution in [3.8, 4) is 0 Å². The summed E-state index contributed by atoms with van der Waals surface area (Å²) in [4.78, 5) is 4.51. The zero-order valence-electron chi connectivity index (χ0n) is 8.54. The van der Waals surface area contributed by atoms with Crippen LogP contribution >= 0.6 is 47.4 Å². The van der Waals surface area contributed by atoms with Gasteiger partial charge >= 0.3 is 0 Å². The molecule has 6 heteroatoms. The lowest BCUT2D eigenvalue weighted by atomic mass is 10.1. The fourth-order valence-electron chi connectivity index (χ4n) is 1.49. The average Bonchev–Trinajstić information content (AvgIpc) is 2.66. The zero-order chi connectivity index (χ0) is 10.8. The number of aliphatic imine (C=N–C) groups is 1. The maximum absolute atomic E-state index is 6.11. The van der Waals surface area contributed by atoms with Crippen molar-refractivity contribution >= 4 is 52.5 Å². The first-order chi connectivity index (χ1) is 7.20. The Labute approximate surface area is 115 Å². The third-order valence-electron chi connectivity index (χ3n) is 2.23. The standard InChI is InChI=1S/C10H10Cl2N2S.ClH/c1-15-10-13-5-9(14-10)7-3-2-6(11)4-8(7)12;/h2-4,9H,5H2,1H3,(H,13,14);1H. The van der Waals surface area contributed by atoms with Gasteiger partial charge in [0.2, 0.25) is 0 Å². The lowest BCUT2D eigenvalue weighted by Gasteiger charge is -2.08. The molecule has 88 valence electrons. The number of hydrogen-bond donors (Lipinski definition) is 1. The molecule has 1 unspecified atom stereocenters. The van der Waals surface area contributed by atoms with Crippen LogP contribution in [0.2, 0.25) is 10.0 Å². The molecule has 0 saturated heterocycles. The molecular weight excluding hydrogens is 287 g/mol. The van der Waals surface area contributed by atoms with Crippen LogP contribution in [0, 0.1) is 0 Å². The molecule has 1 aliphatic heterocycles. The Bertz CT molecular complexity index is 409. The number of benzene rings is 1. The van der Waals surface area contributed by atoms with Crippen LogP contribution in [-0.4, -0.2) is 18.0 Å². The van der Waals surface area contributed by atoms with E-state index >= 15 is 0 Å². The number of rotatable bonds is 1. The molecule has 2 rings (SSSR count). The molecule has 1 aromatic rings. The molecule has 0 spiro atoms. The zero-order valence-corrected chi connectivity index (χ0v) is 11.7. The van der Waals surface area contributed by atoms with E-state index < -0.39 is 0 Å². The Balaban J connectivity index is 0.00000128. The van der Waals surface area contributed by atoms with Crippen molar-refractivity contribution in [2.24, 2.45) is 4.99 Å². The lowest BCUT2D eigenvalue weighted by molar-refractivity contribution is 0.752. The average molecular weight is 298 g/mol. The van der Waals surface area contributed by atoms with E-state index in [1.807, 2.05) is 18.4 Å². The van der Waals surface area contributed by atoms with Gasteiger partial charge in [-0.15, -0.1) is 12.4 Å². The van der Waals surface area contributed by atoms with Gasteiger partial charge in [0.25, 0.3) is 0 Å². The van der Waals surface area contributed by atoms with Crippen molar-refractivity contribution in [2.45, 2.75) is 6.04 Å². The molecule has 0 radical (unpaired) electrons. The van der Waals surface area contributed by atoms with Crippen LogP contribution < -0.4 is 5.32 Å². The van der Waals surface area contributed by atoms with Gasteiger partial charge in [0, 0.05) is 16.6 Å². The molecule has 1 atom stereocenters. The van der Waals surface area contributed by atoms with Crippen molar-refractivity contribution < 1.29 is 0 Å². The number of hydrogen-bond acceptors (Lipinski definition) is 3. The molecule has 0 saturated carbocycles. The Morgan fingerprint density at radius 3 is 2.75 bits per heavy atom. The van der Waals surface area contributed by atoms with Crippen LogP contribution in [0.25, 0.3) is 0 Å². The van der Waals surface area contributed by atoms with E-state index in [4.69, 9.17) is 23.2 Å². The minimum atomic E-state index is 0. The quantitative estimate of drug-likeness (QED) is 0.853. The molecule has 16 heavy (non-hydrogen) atoms. The van der Waals surface area contributed by atoms with Gasteiger partial charge in [-0.05, 0) is 24.0 Å². The van der Waals surface area contributed by atoms with E-state index in [2.05, 4.69) is 10.3 Å². The minimum absolute atomic E-state index is 0. The highest BCUT2D eigenvalue weighted by Crippen LogP contribution is 2.30. The van der Waals surface area contributed by atoms with Crippen LogP contribution in [0.4, 0.5) is 0 Å². The van der Waals surface area contributed by atoms with Gasteiger partial charge in [0.1, 0.15) is 0 Å². The summed E-state index contributed by atoms with van der Waals surface area (Å²) in [5, 5.41) is 5.52. The molecule has 1 aromatic carbocycles. The van der Waals surface area contributed by atoms with Gasteiger partial charge in [-0.25, -0.2) is 0 Å². The predicted octanol–water partition coefficient (Wildman–Crippen LogP) is 3.78. The number of nitrogens with one attached hydrogen (secondary N) is 1. The van der Waals surface area contributed by atoms with Crippen molar-refractivity contribution in [3.63, 3.8) is 0 Å². The molecular formula is C10H11Cl3N2S. The SMILES string of the molecule is CSC1=NC(c2ccc(Cl)cc2Cl)CN1.Cl. The highest BCUT2D eigenvalue weighted by molar-refractivity contribution is 8.13. The third kappa shape index (κ3) is 2.98. The van der Waals surface area contributed by atoms with E-state index in [0.29, 0.717) is 10.0 Å². The fourth-order valence-corrected chi connectivity index (χ4v) is 2.49. The molecule has 1 aliphatic rings. The first kappa shape index (κ1) is 14.0.